The van der Waals surface area contributed by atoms with E-state index in [9.17, 15) is 18.0 Å². The summed E-state index contributed by atoms with van der Waals surface area (Å²) in [5, 5.41) is 2.57. The molecule has 1 amide bonds. The van der Waals surface area contributed by atoms with Crippen molar-refractivity contribution in [2.24, 2.45) is 5.84 Å². The fraction of sp³-hybridized carbons (Fsp3) is 0.462. The van der Waals surface area contributed by atoms with Crippen molar-refractivity contribution in [1.29, 1.82) is 0 Å². The molecule has 0 aromatic heterocycles. The van der Waals surface area contributed by atoms with Crippen LogP contribution in [0.3, 0.4) is 0 Å². The number of nitrogens with one attached hydrogen (secondary N) is 2. The number of halogens is 3. The van der Waals surface area contributed by atoms with Crippen molar-refractivity contribution in [1.82, 2.24) is 5.32 Å². The van der Waals surface area contributed by atoms with Crippen LogP contribution in [0.25, 0.3) is 0 Å². The van der Waals surface area contributed by atoms with Crippen molar-refractivity contribution in [3.8, 4) is 0 Å². The standard InChI is InChI=1S/C13H16F3N3O2/c14-13(15,16)8-3-4-11(19-17)10(6-8)12(20)18-7-9-2-1-5-21-9/h3-4,6,9,19H,1-2,5,7,17H2,(H,18,20). The molecule has 0 spiro atoms. The third kappa shape index (κ3) is 3.85. The van der Waals surface area contributed by atoms with Gasteiger partial charge in [0.15, 0.2) is 0 Å². The highest BCUT2D eigenvalue weighted by molar-refractivity contribution is 5.99. The van der Waals surface area contributed by atoms with Crippen LogP contribution in [0.5, 0.6) is 0 Å². The third-order valence-corrected chi connectivity index (χ3v) is 3.26. The van der Waals surface area contributed by atoms with Crippen LogP contribution < -0.4 is 16.6 Å². The maximum Gasteiger partial charge on any atom is 0.416 e. The number of nitrogens with two attached hydrogens (primary N) is 1. The summed E-state index contributed by atoms with van der Waals surface area (Å²) in [6.07, 6.45) is -2.87. The number of benzene rings is 1. The number of carbonyl (C=O) groups is 1. The third-order valence-electron chi connectivity index (χ3n) is 3.26. The summed E-state index contributed by atoms with van der Waals surface area (Å²) in [4.78, 5) is 12.0. The van der Waals surface area contributed by atoms with E-state index >= 15 is 0 Å². The van der Waals surface area contributed by atoms with E-state index in [0.717, 1.165) is 31.0 Å². The normalized spacial score (nSPS) is 18.6. The lowest BCUT2D eigenvalue weighted by atomic mass is 10.1. The summed E-state index contributed by atoms with van der Waals surface area (Å²) in [5.74, 6) is 4.61. The van der Waals surface area contributed by atoms with Gasteiger partial charge in [0, 0.05) is 13.2 Å². The number of hydrogen-bond donors (Lipinski definition) is 3. The Morgan fingerprint density at radius 3 is 2.76 bits per heavy atom. The molecule has 0 bridgehead atoms. The Morgan fingerprint density at radius 1 is 1.43 bits per heavy atom. The monoisotopic (exact) mass is 303 g/mol. The van der Waals surface area contributed by atoms with Crippen molar-refractivity contribution in [2.45, 2.75) is 25.1 Å². The summed E-state index contributed by atoms with van der Waals surface area (Å²) in [6, 6.07) is 2.77. The van der Waals surface area contributed by atoms with Crippen LogP contribution in [0, 0.1) is 0 Å². The average Bonchev–Trinajstić information content (AvgIpc) is 2.96. The Kier molecular flexibility index (Phi) is 4.69. The van der Waals surface area contributed by atoms with E-state index < -0.39 is 17.6 Å². The van der Waals surface area contributed by atoms with Crippen LogP contribution >= 0.6 is 0 Å². The highest BCUT2D eigenvalue weighted by atomic mass is 19.4. The molecule has 0 radical (unpaired) electrons. The van der Waals surface area contributed by atoms with E-state index in [1.54, 1.807) is 0 Å². The van der Waals surface area contributed by atoms with Crippen LogP contribution in [0.15, 0.2) is 18.2 Å². The first-order valence-electron chi connectivity index (χ1n) is 6.49. The van der Waals surface area contributed by atoms with Gasteiger partial charge in [-0.25, -0.2) is 0 Å². The molecule has 0 saturated carbocycles. The molecule has 1 aromatic rings. The van der Waals surface area contributed by atoms with E-state index in [4.69, 9.17) is 10.6 Å². The van der Waals surface area contributed by atoms with E-state index in [2.05, 4.69) is 10.7 Å². The van der Waals surface area contributed by atoms with Crippen molar-refractivity contribution < 1.29 is 22.7 Å². The Balaban J connectivity index is 2.13. The van der Waals surface area contributed by atoms with Gasteiger partial charge in [-0.3, -0.25) is 10.6 Å². The minimum atomic E-state index is -4.52. The van der Waals surface area contributed by atoms with Crippen molar-refractivity contribution in [3.05, 3.63) is 29.3 Å². The molecule has 21 heavy (non-hydrogen) atoms. The molecule has 1 heterocycles. The predicted octanol–water partition coefficient (Wildman–Crippen LogP) is 1.90. The fourth-order valence-corrected chi connectivity index (χ4v) is 2.14. The molecule has 4 N–H and O–H groups in total. The number of carbonyl (C=O) groups excluding carboxylic acids is 1. The summed E-state index contributed by atoms with van der Waals surface area (Å²) < 4.78 is 43.4. The maximum absolute atomic E-state index is 12.7. The zero-order valence-corrected chi connectivity index (χ0v) is 11.2. The van der Waals surface area contributed by atoms with Crippen LogP contribution in [-0.4, -0.2) is 25.2 Å². The van der Waals surface area contributed by atoms with E-state index in [1.807, 2.05) is 0 Å². The van der Waals surface area contributed by atoms with E-state index in [0.29, 0.717) is 6.61 Å². The van der Waals surface area contributed by atoms with Gasteiger partial charge in [-0.2, -0.15) is 13.2 Å². The lowest BCUT2D eigenvalue weighted by Crippen LogP contribution is -2.32. The first-order valence-corrected chi connectivity index (χ1v) is 6.49. The van der Waals surface area contributed by atoms with Gasteiger partial charge in [0.05, 0.1) is 22.9 Å². The largest absolute Gasteiger partial charge is 0.416 e. The Bertz CT molecular complexity index is 514. The van der Waals surface area contributed by atoms with Gasteiger partial charge in [0.25, 0.3) is 5.91 Å². The van der Waals surface area contributed by atoms with Gasteiger partial charge >= 0.3 is 6.18 Å². The summed E-state index contributed by atoms with van der Waals surface area (Å²) >= 11 is 0. The number of alkyl halides is 3. The van der Waals surface area contributed by atoms with Crippen molar-refractivity contribution in [3.63, 3.8) is 0 Å². The number of rotatable bonds is 4. The van der Waals surface area contributed by atoms with Gasteiger partial charge in [0.1, 0.15) is 0 Å². The molecule has 1 aliphatic heterocycles. The Morgan fingerprint density at radius 2 is 2.19 bits per heavy atom. The van der Waals surface area contributed by atoms with Crippen LogP contribution in [0.2, 0.25) is 0 Å². The Labute approximate surface area is 119 Å². The quantitative estimate of drug-likeness (QED) is 0.586. The highest BCUT2D eigenvalue weighted by Crippen LogP contribution is 2.31. The lowest BCUT2D eigenvalue weighted by molar-refractivity contribution is -0.137. The van der Waals surface area contributed by atoms with Gasteiger partial charge in [-0.15, -0.1) is 0 Å². The van der Waals surface area contributed by atoms with Gasteiger partial charge in [-0.1, -0.05) is 0 Å². The van der Waals surface area contributed by atoms with Gasteiger partial charge < -0.3 is 15.5 Å². The molecule has 8 heteroatoms. The number of nitrogen functional groups attached to an aromatic ring is 1. The first-order chi connectivity index (χ1) is 9.91. The number of hydrogen-bond acceptors (Lipinski definition) is 4. The lowest BCUT2D eigenvalue weighted by Gasteiger charge is -2.15. The summed E-state index contributed by atoms with van der Waals surface area (Å²) in [6.45, 7) is 0.902. The number of amides is 1. The molecule has 116 valence electrons. The van der Waals surface area contributed by atoms with Crippen molar-refractivity contribution >= 4 is 11.6 Å². The number of hydrazine groups is 1. The first kappa shape index (κ1) is 15.6. The minimum Gasteiger partial charge on any atom is -0.376 e. The zero-order chi connectivity index (χ0) is 15.5. The number of anilines is 1. The van der Waals surface area contributed by atoms with Crippen LogP contribution in [0.4, 0.5) is 18.9 Å². The van der Waals surface area contributed by atoms with Crippen LogP contribution in [0.1, 0.15) is 28.8 Å². The minimum absolute atomic E-state index is 0.0889. The number of ether oxygens (including phenoxy) is 1. The van der Waals surface area contributed by atoms with E-state index in [-0.39, 0.29) is 23.9 Å². The summed E-state index contributed by atoms with van der Waals surface area (Å²) in [7, 11) is 0. The maximum atomic E-state index is 12.7. The van der Waals surface area contributed by atoms with Crippen molar-refractivity contribution in [2.75, 3.05) is 18.6 Å². The van der Waals surface area contributed by atoms with E-state index in [1.165, 1.54) is 0 Å². The smallest absolute Gasteiger partial charge is 0.376 e. The zero-order valence-electron chi connectivity index (χ0n) is 11.2. The second-order valence-electron chi connectivity index (χ2n) is 4.75. The molecular weight excluding hydrogens is 287 g/mol. The van der Waals surface area contributed by atoms with Gasteiger partial charge in [0.2, 0.25) is 0 Å². The molecule has 5 nitrogen and oxygen atoms in total. The second kappa shape index (κ2) is 6.31. The SMILES string of the molecule is NNc1ccc(C(F)(F)F)cc1C(=O)NCC1CCCO1. The summed E-state index contributed by atoms with van der Waals surface area (Å²) in [5.41, 5.74) is 1.31. The molecule has 1 atom stereocenters. The Hall–Kier alpha value is -1.80. The molecule has 1 aliphatic rings. The topological polar surface area (TPSA) is 76.4 Å². The molecule has 1 unspecified atom stereocenters. The molecular formula is C13H16F3N3O2. The average molecular weight is 303 g/mol. The highest BCUT2D eigenvalue weighted by Gasteiger charge is 2.31. The van der Waals surface area contributed by atoms with Gasteiger partial charge in [-0.05, 0) is 31.0 Å². The molecule has 1 saturated heterocycles. The molecule has 1 aromatic carbocycles. The fourth-order valence-electron chi connectivity index (χ4n) is 2.14. The molecule has 2 rings (SSSR count). The van der Waals surface area contributed by atoms with Crippen LogP contribution in [-0.2, 0) is 10.9 Å². The molecule has 1 fully saturated rings. The molecule has 0 aliphatic carbocycles. The second-order valence-corrected chi connectivity index (χ2v) is 4.75. The predicted molar refractivity (Wildman–Crippen MR) is 70.6 cm³/mol.